The third-order valence-electron chi connectivity index (χ3n) is 3.04. The molecule has 0 aliphatic carbocycles. The van der Waals surface area contributed by atoms with Crippen molar-refractivity contribution < 1.29 is 4.74 Å². The number of methoxy groups -OCH3 is 1. The maximum atomic E-state index is 5.39. The Kier molecular flexibility index (Phi) is 2.88. The molecule has 0 aliphatic heterocycles. The third kappa shape index (κ3) is 2.15. The highest BCUT2D eigenvalue weighted by molar-refractivity contribution is 5.85. The minimum atomic E-state index is 0.618. The van der Waals surface area contributed by atoms with Crippen molar-refractivity contribution in [1.82, 2.24) is 9.97 Å². The van der Waals surface area contributed by atoms with Crippen molar-refractivity contribution in [3.63, 3.8) is 0 Å². The monoisotopic (exact) mass is 250 g/mol. The summed E-state index contributed by atoms with van der Waals surface area (Å²) in [7, 11) is 1.64. The molecule has 3 nitrogen and oxygen atoms in total. The van der Waals surface area contributed by atoms with Gasteiger partial charge in [-0.05, 0) is 19.1 Å². The minimum absolute atomic E-state index is 0.618. The van der Waals surface area contributed by atoms with E-state index in [-0.39, 0.29) is 0 Å². The molecule has 1 aromatic heterocycles. The Morgan fingerprint density at radius 2 is 1.74 bits per heavy atom. The number of nitrogens with zero attached hydrogens (tertiary/aromatic N) is 2. The van der Waals surface area contributed by atoms with E-state index in [1.54, 1.807) is 7.11 Å². The average molecular weight is 250 g/mol. The number of benzene rings is 2. The first kappa shape index (κ1) is 11.7. The molecule has 0 amide bonds. The van der Waals surface area contributed by atoms with Gasteiger partial charge in [-0.3, -0.25) is 0 Å². The number of hydrogen-bond acceptors (Lipinski definition) is 3. The Hall–Kier alpha value is -2.42. The summed E-state index contributed by atoms with van der Waals surface area (Å²) in [6, 6.07) is 16.0. The van der Waals surface area contributed by atoms with Crippen molar-refractivity contribution in [1.29, 1.82) is 0 Å². The lowest BCUT2D eigenvalue weighted by molar-refractivity contribution is 0.403. The lowest BCUT2D eigenvalue weighted by Gasteiger charge is -2.08. The van der Waals surface area contributed by atoms with Crippen LogP contribution in [0.25, 0.3) is 22.3 Å². The lowest BCUT2D eigenvalue weighted by Crippen LogP contribution is -1.96. The van der Waals surface area contributed by atoms with Crippen LogP contribution in [0.15, 0.2) is 48.5 Å². The van der Waals surface area contributed by atoms with Crippen molar-refractivity contribution in [3.8, 4) is 17.3 Å². The largest absolute Gasteiger partial charge is 0.480 e. The molecule has 3 rings (SSSR count). The Labute approximate surface area is 111 Å². The molecule has 0 fully saturated rings. The maximum Gasteiger partial charge on any atom is 0.224 e. The predicted molar refractivity (Wildman–Crippen MR) is 76.3 cm³/mol. The van der Waals surface area contributed by atoms with Gasteiger partial charge in [-0.1, -0.05) is 42.0 Å². The molecule has 0 aliphatic rings. The quantitative estimate of drug-likeness (QED) is 0.696. The van der Waals surface area contributed by atoms with Gasteiger partial charge in [0, 0.05) is 5.56 Å². The molecule has 0 saturated heterocycles. The second kappa shape index (κ2) is 4.69. The Morgan fingerprint density at radius 1 is 0.947 bits per heavy atom. The molecule has 0 unspecified atom stereocenters. The number of hydrogen-bond donors (Lipinski definition) is 0. The fourth-order valence-electron chi connectivity index (χ4n) is 2.09. The van der Waals surface area contributed by atoms with Crippen LogP contribution in [0.2, 0.25) is 0 Å². The van der Waals surface area contributed by atoms with Crippen molar-refractivity contribution in [2.45, 2.75) is 6.92 Å². The van der Waals surface area contributed by atoms with Crippen LogP contribution in [0.4, 0.5) is 0 Å². The number of aryl methyl sites for hydroxylation is 1. The van der Waals surface area contributed by atoms with Crippen LogP contribution < -0.4 is 4.74 Å². The smallest absolute Gasteiger partial charge is 0.224 e. The summed E-state index contributed by atoms with van der Waals surface area (Å²) in [5.74, 6) is 1.31. The molecule has 0 atom stereocenters. The van der Waals surface area contributed by atoms with E-state index in [1.165, 1.54) is 5.56 Å². The average Bonchev–Trinajstić information content (AvgIpc) is 2.47. The van der Waals surface area contributed by atoms with Crippen molar-refractivity contribution in [2.75, 3.05) is 7.11 Å². The fraction of sp³-hybridized carbons (Fsp3) is 0.125. The van der Waals surface area contributed by atoms with Crippen LogP contribution in [0.1, 0.15) is 5.56 Å². The van der Waals surface area contributed by atoms with Crippen molar-refractivity contribution in [3.05, 3.63) is 54.1 Å². The molecule has 0 N–H and O–H groups in total. The van der Waals surface area contributed by atoms with Gasteiger partial charge in [0.1, 0.15) is 0 Å². The normalized spacial score (nSPS) is 10.6. The standard InChI is InChI=1S/C16H14N2O/c1-11-8-9-14-13(10-11)16(19-2)18-15(17-14)12-6-4-3-5-7-12/h3-10H,1-2H3. The summed E-state index contributed by atoms with van der Waals surface area (Å²) in [6.45, 7) is 2.05. The maximum absolute atomic E-state index is 5.39. The molecule has 0 bridgehead atoms. The van der Waals surface area contributed by atoms with Crippen LogP contribution in [0.5, 0.6) is 5.88 Å². The van der Waals surface area contributed by atoms with E-state index < -0.39 is 0 Å². The molecule has 1 heterocycles. The molecule has 0 spiro atoms. The SMILES string of the molecule is COc1nc(-c2ccccc2)nc2ccc(C)cc12. The topological polar surface area (TPSA) is 35.0 Å². The first-order chi connectivity index (χ1) is 9.28. The van der Waals surface area contributed by atoms with Gasteiger partial charge in [0.25, 0.3) is 0 Å². The highest BCUT2D eigenvalue weighted by Crippen LogP contribution is 2.26. The molecular formula is C16H14N2O. The van der Waals surface area contributed by atoms with E-state index >= 15 is 0 Å². The van der Waals surface area contributed by atoms with Gasteiger partial charge in [0.05, 0.1) is 18.0 Å². The number of rotatable bonds is 2. The van der Waals surface area contributed by atoms with Crippen LogP contribution >= 0.6 is 0 Å². The Morgan fingerprint density at radius 3 is 2.47 bits per heavy atom. The second-order valence-corrected chi connectivity index (χ2v) is 4.44. The Bertz CT molecular complexity index is 723. The highest BCUT2D eigenvalue weighted by Gasteiger charge is 2.09. The van der Waals surface area contributed by atoms with E-state index in [1.807, 2.05) is 55.5 Å². The molecule has 94 valence electrons. The van der Waals surface area contributed by atoms with Gasteiger partial charge in [-0.15, -0.1) is 0 Å². The van der Waals surface area contributed by atoms with Gasteiger partial charge in [0.15, 0.2) is 5.82 Å². The summed E-state index contributed by atoms with van der Waals surface area (Å²) >= 11 is 0. The number of ether oxygens (including phenoxy) is 1. The zero-order valence-electron chi connectivity index (χ0n) is 10.9. The van der Waals surface area contributed by atoms with Gasteiger partial charge in [0.2, 0.25) is 5.88 Å². The summed E-state index contributed by atoms with van der Waals surface area (Å²) in [4.78, 5) is 9.10. The molecule has 3 aromatic rings. The van der Waals surface area contributed by atoms with Crippen LogP contribution in [0, 0.1) is 6.92 Å². The zero-order valence-corrected chi connectivity index (χ0v) is 10.9. The van der Waals surface area contributed by atoms with Crippen LogP contribution in [0.3, 0.4) is 0 Å². The van der Waals surface area contributed by atoms with Crippen molar-refractivity contribution >= 4 is 10.9 Å². The summed E-state index contributed by atoms with van der Waals surface area (Å²) in [6.07, 6.45) is 0. The summed E-state index contributed by atoms with van der Waals surface area (Å²) in [5.41, 5.74) is 3.06. The van der Waals surface area contributed by atoms with E-state index in [4.69, 9.17) is 4.74 Å². The van der Waals surface area contributed by atoms with Gasteiger partial charge < -0.3 is 4.74 Å². The number of fused-ring (bicyclic) bond motifs is 1. The second-order valence-electron chi connectivity index (χ2n) is 4.44. The summed E-state index contributed by atoms with van der Waals surface area (Å²) < 4.78 is 5.39. The van der Waals surface area contributed by atoms with Gasteiger partial charge in [-0.25, -0.2) is 4.98 Å². The molecule has 0 saturated carbocycles. The van der Waals surface area contributed by atoms with E-state index in [2.05, 4.69) is 9.97 Å². The molecule has 3 heteroatoms. The minimum Gasteiger partial charge on any atom is -0.480 e. The highest BCUT2D eigenvalue weighted by atomic mass is 16.5. The molecule has 2 aromatic carbocycles. The summed E-state index contributed by atoms with van der Waals surface area (Å²) in [5, 5.41) is 0.946. The number of aromatic nitrogens is 2. The fourth-order valence-corrected chi connectivity index (χ4v) is 2.09. The predicted octanol–water partition coefficient (Wildman–Crippen LogP) is 3.61. The molecular weight excluding hydrogens is 236 g/mol. The molecule has 19 heavy (non-hydrogen) atoms. The van der Waals surface area contributed by atoms with E-state index in [0.29, 0.717) is 11.7 Å². The first-order valence-corrected chi connectivity index (χ1v) is 6.16. The third-order valence-corrected chi connectivity index (χ3v) is 3.04. The van der Waals surface area contributed by atoms with Gasteiger partial charge >= 0.3 is 0 Å². The van der Waals surface area contributed by atoms with Crippen molar-refractivity contribution in [2.24, 2.45) is 0 Å². The first-order valence-electron chi connectivity index (χ1n) is 6.16. The van der Waals surface area contributed by atoms with Crippen LogP contribution in [-0.4, -0.2) is 17.1 Å². The van der Waals surface area contributed by atoms with E-state index in [0.717, 1.165) is 16.5 Å². The zero-order chi connectivity index (χ0) is 13.2. The molecule has 0 radical (unpaired) electrons. The van der Waals surface area contributed by atoms with Crippen LogP contribution in [-0.2, 0) is 0 Å². The van der Waals surface area contributed by atoms with Gasteiger partial charge in [-0.2, -0.15) is 4.98 Å². The lowest BCUT2D eigenvalue weighted by atomic mass is 10.1. The van der Waals surface area contributed by atoms with E-state index in [9.17, 15) is 0 Å². The Balaban J connectivity index is 2.26.